The van der Waals surface area contributed by atoms with Crippen LogP contribution in [-0.4, -0.2) is 23.6 Å². The standard InChI is InChI=1S/C12H12N2O4S/c1-2-17-10(15)8-19-11-12(16)18-13-14(11)9-6-4-3-5-7-9/h3-7H,2,8H2,1H3/p+1. The molecule has 0 saturated heterocycles. The largest absolute Gasteiger partial charge is 0.465 e. The molecule has 0 spiro atoms. The maximum absolute atomic E-state index is 11.6. The number of carbonyl (C=O) groups excluding carboxylic acids is 1. The Morgan fingerprint density at radius 2 is 2.16 bits per heavy atom. The highest BCUT2D eigenvalue weighted by Crippen LogP contribution is 2.11. The molecule has 1 N–H and O–H groups in total. The van der Waals surface area contributed by atoms with Crippen LogP contribution in [0.15, 0.2) is 44.7 Å². The van der Waals surface area contributed by atoms with Crippen LogP contribution in [0, 0.1) is 0 Å². The molecule has 0 unspecified atom stereocenters. The first kappa shape index (κ1) is 13.4. The normalized spacial score (nSPS) is 10.4. The van der Waals surface area contributed by atoms with Crippen molar-refractivity contribution in [2.75, 3.05) is 12.4 Å². The number of esters is 1. The minimum atomic E-state index is -0.516. The number of thioether (sulfide) groups is 1. The number of aromatic amines is 1. The monoisotopic (exact) mass is 281 g/mol. The maximum Gasteiger partial charge on any atom is 0.442 e. The second-order valence-corrected chi connectivity index (χ2v) is 4.51. The summed E-state index contributed by atoms with van der Waals surface area (Å²) in [5.74, 6) is -0.309. The van der Waals surface area contributed by atoms with Crippen LogP contribution in [0.2, 0.25) is 0 Å². The number of hydrogen-bond donors (Lipinski definition) is 1. The van der Waals surface area contributed by atoms with Crippen molar-refractivity contribution >= 4 is 17.7 Å². The van der Waals surface area contributed by atoms with Gasteiger partial charge in [-0.15, -0.1) is 0 Å². The van der Waals surface area contributed by atoms with E-state index in [4.69, 9.17) is 9.26 Å². The highest BCUT2D eigenvalue weighted by molar-refractivity contribution is 7.99. The highest BCUT2D eigenvalue weighted by Gasteiger charge is 2.24. The molecule has 0 radical (unpaired) electrons. The summed E-state index contributed by atoms with van der Waals surface area (Å²) in [5, 5.41) is 2.81. The zero-order chi connectivity index (χ0) is 13.7. The van der Waals surface area contributed by atoms with Crippen molar-refractivity contribution in [1.82, 2.24) is 5.27 Å². The Labute approximate surface area is 113 Å². The van der Waals surface area contributed by atoms with Crippen molar-refractivity contribution in [3.8, 4) is 5.69 Å². The molecule has 0 saturated carbocycles. The quantitative estimate of drug-likeness (QED) is 0.500. The molecule has 2 aromatic rings. The van der Waals surface area contributed by atoms with E-state index in [9.17, 15) is 9.59 Å². The number of rotatable bonds is 5. The van der Waals surface area contributed by atoms with Crippen molar-refractivity contribution in [2.24, 2.45) is 0 Å². The Morgan fingerprint density at radius 1 is 1.42 bits per heavy atom. The second-order valence-electron chi connectivity index (χ2n) is 3.55. The number of nitrogens with one attached hydrogen (secondary N) is 1. The number of nitrogens with zero attached hydrogens (tertiary/aromatic N) is 1. The molecule has 1 aromatic carbocycles. The SMILES string of the molecule is CCOC(=O)CSc1c(=O)o[nH][n+]1-c1ccccc1. The van der Waals surface area contributed by atoms with Crippen molar-refractivity contribution in [3.63, 3.8) is 0 Å². The van der Waals surface area contributed by atoms with Crippen LogP contribution in [0.1, 0.15) is 6.92 Å². The lowest BCUT2D eigenvalue weighted by molar-refractivity contribution is -0.704. The van der Waals surface area contributed by atoms with Gasteiger partial charge in [0.15, 0.2) is 0 Å². The third-order valence-electron chi connectivity index (χ3n) is 2.25. The first-order valence-corrected chi connectivity index (χ1v) is 6.68. The van der Waals surface area contributed by atoms with Crippen LogP contribution in [0.5, 0.6) is 0 Å². The molecule has 0 fully saturated rings. The van der Waals surface area contributed by atoms with E-state index in [1.165, 1.54) is 4.68 Å². The molecule has 0 amide bonds. The molecule has 6 nitrogen and oxygen atoms in total. The van der Waals surface area contributed by atoms with Gasteiger partial charge in [0, 0.05) is 12.1 Å². The van der Waals surface area contributed by atoms with Crippen molar-refractivity contribution in [2.45, 2.75) is 11.9 Å². The molecular formula is C12H13N2O4S+. The first-order chi connectivity index (χ1) is 9.22. The smallest absolute Gasteiger partial charge is 0.442 e. The Morgan fingerprint density at radius 3 is 2.84 bits per heavy atom. The molecule has 0 bridgehead atoms. The molecule has 19 heavy (non-hydrogen) atoms. The van der Waals surface area contributed by atoms with Gasteiger partial charge in [0.2, 0.25) is 5.69 Å². The van der Waals surface area contributed by atoms with Gasteiger partial charge in [-0.1, -0.05) is 18.2 Å². The molecule has 0 aliphatic carbocycles. The minimum Gasteiger partial charge on any atom is -0.465 e. The molecule has 0 aliphatic heterocycles. The average Bonchev–Trinajstić information content (AvgIpc) is 2.79. The topological polar surface area (TPSA) is 76.2 Å². The minimum absolute atomic E-state index is 0.0588. The van der Waals surface area contributed by atoms with Crippen molar-refractivity contribution in [1.29, 1.82) is 0 Å². The third-order valence-corrected chi connectivity index (χ3v) is 3.26. The van der Waals surface area contributed by atoms with Crippen LogP contribution in [0.4, 0.5) is 0 Å². The van der Waals surface area contributed by atoms with E-state index in [1.54, 1.807) is 6.92 Å². The Bertz CT molecular complexity index is 606. The first-order valence-electron chi connectivity index (χ1n) is 5.69. The predicted molar refractivity (Wildman–Crippen MR) is 68.2 cm³/mol. The summed E-state index contributed by atoms with van der Waals surface area (Å²) >= 11 is 1.07. The molecule has 1 aromatic heterocycles. The van der Waals surface area contributed by atoms with Crippen LogP contribution in [0.25, 0.3) is 5.69 Å². The Hall–Kier alpha value is -2.02. The number of carbonyl (C=O) groups is 1. The number of hydrogen-bond acceptors (Lipinski definition) is 5. The lowest BCUT2D eigenvalue weighted by atomic mass is 10.3. The van der Waals surface area contributed by atoms with Crippen LogP contribution < -0.4 is 10.3 Å². The van der Waals surface area contributed by atoms with E-state index < -0.39 is 5.63 Å². The van der Waals surface area contributed by atoms with Crippen molar-refractivity contribution < 1.29 is 18.7 Å². The third kappa shape index (κ3) is 3.25. The maximum atomic E-state index is 11.6. The van der Waals surface area contributed by atoms with E-state index in [0.29, 0.717) is 11.6 Å². The van der Waals surface area contributed by atoms with Gasteiger partial charge in [0.25, 0.3) is 0 Å². The zero-order valence-corrected chi connectivity index (χ0v) is 11.1. The molecule has 7 heteroatoms. The molecule has 0 atom stereocenters. The summed E-state index contributed by atoms with van der Waals surface area (Å²) in [4.78, 5) is 22.9. The van der Waals surface area contributed by atoms with E-state index in [1.807, 2.05) is 30.3 Å². The van der Waals surface area contributed by atoms with E-state index in [0.717, 1.165) is 17.4 Å². The molecule has 100 valence electrons. The van der Waals surface area contributed by atoms with Gasteiger partial charge in [-0.05, 0) is 28.6 Å². The summed E-state index contributed by atoms with van der Waals surface area (Å²) in [5.41, 5.74) is 0.234. The summed E-state index contributed by atoms with van der Waals surface area (Å²) in [6, 6.07) is 9.19. The fraction of sp³-hybridized carbons (Fsp3) is 0.250. The molecular weight excluding hydrogens is 268 g/mol. The molecule has 0 aliphatic rings. The average molecular weight is 281 g/mol. The van der Waals surface area contributed by atoms with Gasteiger partial charge in [0.05, 0.1) is 6.61 Å². The summed E-state index contributed by atoms with van der Waals surface area (Å²) < 4.78 is 11.1. The lowest BCUT2D eigenvalue weighted by Gasteiger charge is -1.97. The van der Waals surface area contributed by atoms with Crippen LogP contribution in [-0.2, 0) is 9.53 Å². The van der Waals surface area contributed by atoms with Gasteiger partial charge in [-0.25, -0.2) is 4.79 Å². The van der Waals surface area contributed by atoms with Crippen molar-refractivity contribution in [3.05, 3.63) is 40.8 Å². The van der Waals surface area contributed by atoms with Gasteiger partial charge in [-0.2, -0.15) is 0 Å². The number of aromatic nitrogens is 2. The van der Waals surface area contributed by atoms with Crippen LogP contribution in [0.3, 0.4) is 0 Å². The Balaban J connectivity index is 2.19. The van der Waals surface area contributed by atoms with Gasteiger partial charge in [-0.3, -0.25) is 9.32 Å². The predicted octanol–water partition coefficient (Wildman–Crippen LogP) is 0.900. The van der Waals surface area contributed by atoms with E-state index in [2.05, 4.69) is 5.27 Å². The van der Waals surface area contributed by atoms with Gasteiger partial charge in [0.1, 0.15) is 5.75 Å². The number of benzene rings is 1. The number of para-hydroxylation sites is 1. The fourth-order valence-electron chi connectivity index (χ4n) is 1.46. The second kappa shape index (κ2) is 6.24. The molecule has 2 rings (SSSR count). The van der Waals surface area contributed by atoms with Gasteiger partial charge >= 0.3 is 16.6 Å². The number of ether oxygens (including phenoxy) is 1. The van der Waals surface area contributed by atoms with E-state index >= 15 is 0 Å². The van der Waals surface area contributed by atoms with E-state index in [-0.39, 0.29) is 11.7 Å². The van der Waals surface area contributed by atoms with Crippen LogP contribution >= 0.6 is 11.8 Å². The zero-order valence-electron chi connectivity index (χ0n) is 10.3. The summed E-state index contributed by atoms with van der Waals surface area (Å²) in [6.07, 6.45) is 0. The highest BCUT2D eigenvalue weighted by atomic mass is 32.2. The number of H-pyrrole nitrogens is 1. The van der Waals surface area contributed by atoms with Gasteiger partial charge < -0.3 is 4.74 Å². The fourth-order valence-corrected chi connectivity index (χ4v) is 2.23. The lowest BCUT2D eigenvalue weighted by Crippen LogP contribution is -2.36. The summed E-state index contributed by atoms with van der Waals surface area (Å²) in [6.45, 7) is 2.05. The molecule has 1 heterocycles. The summed E-state index contributed by atoms with van der Waals surface area (Å²) in [7, 11) is 0. The Kier molecular flexibility index (Phi) is 4.40.